The minimum Gasteiger partial charge on any atom is -0.497 e. The summed E-state index contributed by atoms with van der Waals surface area (Å²) in [5, 5.41) is 12.7. The fourth-order valence-electron chi connectivity index (χ4n) is 2.91. The SMILES string of the molecule is COc1ccc(C(CCO)C2CCNCC2)cc1. The summed E-state index contributed by atoms with van der Waals surface area (Å²) in [6.07, 6.45) is 3.27. The molecule has 0 aliphatic carbocycles. The van der Waals surface area contributed by atoms with Crippen LogP contribution in [-0.4, -0.2) is 31.9 Å². The third kappa shape index (κ3) is 3.24. The van der Waals surface area contributed by atoms with Crippen LogP contribution in [0.4, 0.5) is 0 Å². The summed E-state index contributed by atoms with van der Waals surface area (Å²) in [5.74, 6) is 2.06. The zero-order valence-corrected chi connectivity index (χ0v) is 11.1. The lowest BCUT2D eigenvalue weighted by Crippen LogP contribution is -2.31. The van der Waals surface area contributed by atoms with Crippen LogP contribution in [0.5, 0.6) is 5.75 Å². The molecule has 0 bridgehead atoms. The maximum absolute atomic E-state index is 9.29. The number of aliphatic hydroxyl groups excluding tert-OH is 1. The van der Waals surface area contributed by atoms with E-state index in [1.165, 1.54) is 18.4 Å². The first-order valence-corrected chi connectivity index (χ1v) is 6.80. The van der Waals surface area contributed by atoms with Crippen molar-refractivity contribution in [2.45, 2.75) is 25.2 Å². The molecule has 1 aromatic carbocycles. The topological polar surface area (TPSA) is 41.5 Å². The Bertz CT molecular complexity index is 344. The van der Waals surface area contributed by atoms with Crippen LogP contribution in [0, 0.1) is 5.92 Å². The number of hydrogen-bond acceptors (Lipinski definition) is 3. The Labute approximate surface area is 109 Å². The third-order valence-corrected chi connectivity index (χ3v) is 3.94. The highest BCUT2D eigenvalue weighted by atomic mass is 16.5. The van der Waals surface area contributed by atoms with Crippen LogP contribution in [-0.2, 0) is 0 Å². The lowest BCUT2D eigenvalue weighted by atomic mass is 9.79. The molecule has 1 heterocycles. The Balaban J connectivity index is 2.11. The van der Waals surface area contributed by atoms with E-state index in [1.807, 2.05) is 12.1 Å². The fourth-order valence-corrected chi connectivity index (χ4v) is 2.91. The average molecular weight is 249 g/mol. The molecule has 0 spiro atoms. The van der Waals surface area contributed by atoms with E-state index >= 15 is 0 Å². The molecule has 1 aliphatic rings. The molecule has 0 saturated carbocycles. The van der Waals surface area contributed by atoms with Crippen LogP contribution in [0.25, 0.3) is 0 Å². The minimum atomic E-state index is 0.265. The molecule has 1 aliphatic heterocycles. The predicted molar refractivity (Wildman–Crippen MR) is 73.0 cm³/mol. The molecular formula is C15H23NO2. The molecule has 2 N–H and O–H groups in total. The Morgan fingerprint density at radius 2 is 1.94 bits per heavy atom. The number of rotatable bonds is 5. The highest BCUT2D eigenvalue weighted by molar-refractivity contribution is 5.29. The largest absolute Gasteiger partial charge is 0.497 e. The molecule has 0 radical (unpaired) electrons. The number of aliphatic hydroxyl groups is 1. The van der Waals surface area contributed by atoms with Gasteiger partial charge in [0.25, 0.3) is 0 Å². The molecule has 100 valence electrons. The third-order valence-electron chi connectivity index (χ3n) is 3.94. The molecule has 1 unspecified atom stereocenters. The van der Waals surface area contributed by atoms with Gasteiger partial charge in [0.15, 0.2) is 0 Å². The molecule has 1 atom stereocenters. The van der Waals surface area contributed by atoms with Gasteiger partial charge in [0, 0.05) is 6.61 Å². The summed E-state index contributed by atoms with van der Waals surface area (Å²) >= 11 is 0. The molecule has 0 aromatic heterocycles. The zero-order valence-electron chi connectivity index (χ0n) is 11.1. The molecule has 18 heavy (non-hydrogen) atoms. The number of ether oxygens (including phenoxy) is 1. The second kappa shape index (κ2) is 6.76. The first-order valence-electron chi connectivity index (χ1n) is 6.80. The first kappa shape index (κ1) is 13.4. The van der Waals surface area contributed by atoms with Crippen LogP contribution in [0.3, 0.4) is 0 Å². The fraction of sp³-hybridized carbons (Fsp3) is 0.600. The van der Waals surface area contributed by atoms with Crippen LogP contribution in [0.2, 0.25) is 0 Å². The van der Waals surface area contributed by atoms with Crippen LogP contribution < -0.4 is 10.1 Å². The van der Waals surface area contributed by atoms with Gasteiger partial charge in [-0.2, -0.15) is 0 Å². The van der Waals surface area contributed by atoms with Crippen molar-refractivity contribution in [2.75, 3.05) is 26.8 Å². The molecular weight excluding hydrogens is 226 g/mol. The van der Waals surface area contributed by atoms with Gasteiger partial charge in [-0.25, -0.2) is 0 Å². The summed E-state index contributed by atoms with van der Waals surface area (Å²) in [7, 11) is 1.69. The van der Waals surface area contributed by atoms with Crippen molar-refractivity contribution in [2.24, 2.45) is 5.92 Å². The van der Waals surface area contributed by atoms with Gasteiger partial charge in [-0.15, -0.1) is 0 Å². The molecule has 1 aromatic rings. The molecule has 0 amide bonds. The number of methoxy groups -OCH3 is 1. The maximum atomic E-state index is 9.29. The van der Waals surface area contributed by atoms with E-state index in [4.69, 9.17) is 4.74 Å². The van der Waals surface area contributed by atoms with Crippen molar-refractivity contribution in [3.8, 4) is 5.75 Å². The van der Waals surface area contributed by atoms with E-state index < -0.39 is 0 Å². The standard InChI is InChI=1S/C15H23NO2/c1-18-14-4-2-12(3-5-14)15(8-11-17)13-6-9-16-10-7-13/h2-5,13,15-17H,6-11H2,1H3. The normalized spacial score (nSPS) is 18.6. The predicted octanol–water partition coefficient (Wildman–Crippen LogP) is 2.16. The summed E-state index contributed by atoms with van der Waals surface area (Å²) in [4.78, 5) is 0. The average Bonchev–Trinajstić information content (AvgIpc) is 2.46. The monoisotopic (exact) mass is 249 g/mol. The first-order chi connectivity index (χ1) is 8.85. The van der Waals surface area contributed by atoms with Gasteiger partial charge in [0.1, 0.15) is 5.75 Å². The molecule has 2 rings (SSSR count). The van der Waals surface area contributed by atoms with Crippen molar-refractivity contribution in [3.63, 3.8) is 0 Å². The lowest BCUT2D eigenvalue weighted by Gasteiger charge is -2.31. The van der Waals surface area contributed by atoms with E-state index in [-0.39, 0.29) is 6.61 Å². The van der Waals surface area contributed by atoms with E-state index in [0.29, 0.717) is 11.8 Å². The Morgan fingerprint density at radius 3 is 2.50 bits per heavy atom. The molecule has 3 nitrogen and oxygen atoms in total. The number of hydrogen-bond donors (Lipinski definition) is 2. The van der Waals surface area contributed by atoms with Gasteiger partial charge < -0.3 is 15.2 Å². The smallest absolute Gasteiger partial charge is 0.118 e. The van der Waals surface area contributed by atoms with Crippen LogP contribution in [0.15, 0.2) is 24.3 Å². The minimum absolute atomic E-state index is 0.265. The summed E-state index contributed by atoms with van der Waals surface area (Å²) in [5.41, 5.74) is 1.33. The zero-order chi connectivity index (χ0) is 12.8. The van der Waals surface area contributed by atoms with Gasteiger partial charge in [-0.05, 0) is 61.9 Å². The summed E-state index contributed by atoms with van der Waals surface area (Å²) in [6.45, 7) is 2.46. The summed E-state index contributed by atoms with van der Waals surface area (Å²) < 4.78 is 5.19. The number of nitrogens with one attached hydrogen (secondary N) is 1. The highest BCUT2D eigenvalue weighted by Gasteiger charge is 2.24. The van der Waals surface area contributed by atoms with Crippen molar-refractivity contribution in [3.05, 3.63) is 29.8 Å². The molecule has 3 heteroatoms. The maximum Gasteiger partial charge on any atom is 0.118 e. The van der Waals surface area contributed by atoms with Crippen LogP contribution in [0.1, 0.15) is 30.7 Å². The van der Waals surface area contributed by atoms with E-state index in [1.54, 1.807) is 7.11 Å². The van der Waals surface area contributed by atoms with E-state index in [0.717, 1.165) is 25.3 Å². The van der Waals surface area contributed by atoms with Crippen molar-refractivity contribution >= 4 is 0 Å². The second-order valence-electron chi connectivity index (χ2n) is 4.98. The summed E-state index contributed by atoms with van der Waals surface area (Å²) in [6, 6.07) is 8.31. The van der Waals surface area contributed by atoms with Gasteiger partial charge in [-0.1, -0.05) is 12.1 Å². The Kier molecular flexibility index (Phi) is 5.02. The Hall–Kier alpha value is -1.06. The molecule has 1 saturated heterocycles. The lowest BCUT2D eigenvalue weighted by molar-refractivity contribution is 0.233. The van der Waals surface area contributed by atoms with E-state index in [9.17, 15) is 5.11 Å². The van der Waals surface area contributed by atoms with Gasteiger partial charge in [0.05, 0.1) is 7.11 Å². The Morgan fingerprint density at radius 1 is 1.28 bits per heavy atom. The quantitative estimate of drug-likeness (QED) is 0.840. The number of benzene rings is 1. The van der Waals surface area contributed by atoms with Gasteiger partial charge in [0.2, 0.25) is 0 Å². The number of piperidine rings is 1. The van der Waals surface area contributed by atoms with Crippen molar-refractivity contribution in [1.82, 2.24) is 5.32 Å². The van der Waals surface area contributed by atoms with E-state index in [2.05, 4.69) is 17.4 Å². The van der Waals surface area contributed by atoms with Crippen molar-refractivity contribution < 1.29 is 9.84 Å². The van der Waals surface area contributed by atoms with Gasteiger partial charge in [-0.3, -0.25) is 0 Å². The highest BCUT2D eigenvalue weighted by Crippen LogP contribution is 2.34. The van der Waals surface area contributed by atoms with Crippen molar-refractivity contribution in [1.29, 1.82) is 0 Å². The van der Waals surface area contributed by atoms with Gasteiger partial charge >= 0.3 is 0 Å². The van der Waals surface area contributed by atoms with Crippen LogP contribution >= 0.6 is 0 Å². The second-order valence-corrected chi connectivity index (χ2v) is 4.98. The molecule has 1 fully saturated rings.